The molecule has 0 bridgehead atoms. The Morgan fingerprint density at radius 3 is 2.70 bits per heavy atom. The average molecular weight is 391 g/mol. The van der Waals surface area contributed by atoms with Gasteiger partial charge in [-0.15, -0.1) is 11.3 Å². The molecule has 1 atom stereocenters. The maximum atomic E-state index is 12.3. The number of hydrogen-bond acceptors (Lipinski definition) is 7. The number of aliphatic hydroxyl groups excluding tert-OH is 1. The first-order valence-corrected chi connectivity index (χ1v) is 9.51. The van der Waals surface area contributed by atoms with Crippen LogP contribution in [0.25, 0.3) is 0 Å². The Morgan fingerprint density at radius 2 is 2.04 bits per heavy atom. The summed E-state index contributed by atoms with van der Waals surface area (Å²) in [4.78, 5) is 27.3. The molecule has 2 aromatic rings. The van der Waals surface area contributed by atoms with E-state index >= 15 is 0 Å². The van der Waals surface area contributed by atoms with Crippen LogP contribution in [0, 0.1) is 10.1 Å². The number of piperazine rings is 1. The Bertz CT molecular complexity index is 775. The number of nitrogens with zero attached hydrogens (tertiary/aromatic N) is 3. The molecule has 2 heterocycles. The van der Waals surface area contributed by atoms with Crippen molar-refractivity contribution in [2.24, 2.45) is 0 Å². The molecule has 1 amide bonds. The molecule has 1 aliphatic rings. The molecule has 1 N–H and O–H groups in total. The minimum absolute atomic E-state index is 0.0477. The molecule has 0 saturated carbocycles. The number of carbonyl (C=O) groups is 1. The van der Waals surface area contributed by atoms with Crippen LogP contribution in [-0.4, -0.2) is 71.2 Å². The lowest BCUT2D eigenvalue weighted by Crippen LogP contribution is -2.50. The average Bonchev–Trinajstić information content (AvgIpc) is 3.21. The number of aliphatic hydroxyl groups is 1. The number of thiophene rings is 1. The Labute approximate surface area is 160 Å². The molecule has 144 valence electrons. The highest BCUT2D eigenvalue weighted by Crippen LogP contribution is 2.19. The molecule has 1 saturated heterocycles. The highest BCUT2D eigenvalue weighted by molar-refractivity contribution is 7.12. The van der Waals surface area contributed by atoms with Gasteiger partial charge in [0, 0.05) is 38.8 Å². The summed E-state index contributed by atoms with van der Waals surface area (Å²) < 4.78 is 5.46. The Morgan fingerprint density at radius 1 is 1.26 bits per heavy atom. The molecule has 1 aromatic carbocycles. The zero-order valence-electron chi connectivity index (χ0n) is 14.7. The number of β-amino-alcohol motifs (C(OH)–C–C–N with tert-alkyl or cyclic N) is 1. The zero-order valence-corrected chi connectivity index (χ0v) is 15.5. The summed E-state index contributed by atoms with van der Waals surface area (Å²) in [5.41, 5.74) is -0.0477. The van der Waals surface area contributed by atoms with Gasteiger partial charge in [0.1, 0.15) is 18.5 Å². The predicted molar refractivity (Wildman–Crippen MR) is 101 cm³/mol. The molecular weight excluding hydrogens is 370 g/mol. The van der Waals surface area contributed by atoms with Crippen LogP contribution in [0.5, 0.6) is 5.75 Å². The van der Waals surface area contributed by atoms with E-state index in [-0.39, 0.29) is 18.2 Å². The standard InChI is InChI=1S/C18H21N3O5S/c22-15(13-26-16-4-1-3-14(11-16)21(24)25)12-19-6-8-20(9-7-19)18(23)17-5-2-10-27-17/h1-5,10-11,15,22H,6-9,12-13H2/t15-/m0/s1. The summed E-state index contributed by atoms with van der Waals surface area (Å²) in [5.74, 6) is 0.411. The van der Waals surface area contributed by atoms with E-state index in [4.69, 9.17) is 4.74 Å². The van der Waals surface area contributed by atoms with E-state index in [1.54, 1.807) is 12.1 Å². The molecule has 27 heavy (non-hydrogen) atoms. The molecule has 8 nitrogen and oxygen atoms in total. The predicted octanol–water partition coefficient (Wildman–Crippen LogP) is 1.85. The van der Waals surface area contributed by atoms with Gasteiger partial charge in [0.25, 0.3) is 11.6 Å². The van der Waals surface area contributed by atoms with Crippen LogP contribution in [-0.2, 0) is 0 Å². The summed E-state index contributed by atoms with van der Waals surface area (Å²) in [6.45, 7) is 3.09. The maximum absolute atomic E-state index is 12.3. The van der Waals surface area contributed by atoms with Gasteiger partial charge in [-0.3, -0.25) is 19.8 Å². The number of carbonyl (C=O) groups excluding carboxylic acids is 1. The first kappa shape index (κ1) is 19.3. The fourth-order valence-electron chi connectivity index (χ4n) is 2.92. The summed E-state index contributed by atoms with van der Waals surface area (Å²) in [6.07, 6.45) is -0.719. The van der Waals surface area contributed by atoms with Crippen molar-refractivity contribution in [2.45, 2.75) is 6.10 Å². The van der Waals surface area contributed by atoms with E-state index in [1.165, 1.54) is 23.5 Å². The fraction of sp³-hybridized carbons (Fsp3) is 0.389. The number of amides is 1. The Balaban J connectivity index is 1.42. The van der Waals surface area contributed by atoms with E-state index in [1.807, 2.05) is 22.4 Å². The van der Waals surface area contributed by atoms with E-state index in [0.717, 1.165) is 4.88 Å². The van der Waals surface area contributed by atoms with Gasteiger partial charge < -0.3 is 14.7 Å². The minimum atomic E-state index is -0.719. The van der Waals surface area contributed by atoms with Crippen molar-refractivity contribution in [3.63, 3.8) is 0 Å². The Kier molecular flexibility index (Phi) is 6.38. The SMILES string of the molecule is O=C(c1cccs1)N1CCN(C[C@H](O)COc2cccc([N+](=O)[O-])c2)CC1. The van der Waals surface area contributed by atoms with Crippen LogP contribution in [0.15, 0.2) is 41.8 Å². The molecule has 9 heteroatoms. The second-order valence-corrected chi connectivity index (χ2v) is 7.24. The molecule has 3 rings (SSSR count). The molecule has 1 fully saturated rings. The summed E-state index contributed by atoms with van der Waals surface area (Å²) in [7, 11) is 0. The number of benzene rings is 1. The number of non-ortho nitro benzene ring substituents is 1. The molecule has 0 spiro atoms. The zero-order chi connectivity index (χ0) is 19.2. The van der Waals surface area contributed by atoms with Crippen LogP contribution in [0.3, 0.4) is 0 Å². The third-order valence-corrected chi connectivity index (χ3v) is 5.19. The first-order valence-electron chi connectivity index (χ1n) is 8.63. The van der Waals surface area contributed by atoms with Gasteiger partial charge in [-0.1, -0.05) is 12.1 Å². The quantitative estimate of drug-likeness (QED) is 0.572. The van der Waals surface area contributed by atoms with Gasteiger partial charge in [-0.05, 0) is 17.5 Å². The maximum Gasteiger partial charge on any atom is 0.273 e. The first-order chi connectivity index (χ1) is 13.0. The molecular formula is C18H21N3O5S. The van der Waals surface area contributed by atoms with Crippen LogP contribution in [0.1, 0.15) is 9.67 Å². The van der Waals surface area contributed by atoms with Crippen LogP contribution in [0.2, 0.25) is 0 Å². The largest absolute Gasteiger partial charge is 0.491 e. The van der Waals surface area contributed by atoms with Crippen molar-refractivity contribution >= 4 is 22.9 Å². The van der Waals surface area contributed by atoms with E-state index < -0.39 is 11.0 Å². The normalized spacial score (nSPS) is 16.1. The van der Waals surface area contributed by atoms with Crippen molar-refractivity contribution in [1.29, 1.82) is 0 Å². The monoisotopic (exact) mass is 391 g/mol. The number of rotatable bonds is 7. The highest BCUT2D eigenvalue weighted by Gasteiger charge is 2.24. The smallest absolute Gasteiger partial charge is 0.273 e. The molecule has 0 radical (unpaired) electrons. The molecule has 1 aliphatic heterocycles. The van der Waals surface area contributed by atoms with Gasteiger partial charge in [-0.2, -0.15) is 0 Å². The van der Waals surface area contributed by atoms with E-state index in [0.29, 0.717) is 38.5 Å². The third kappa shape index (κ3) is 5.25. The molecule has 1 aromatic heterocycles. The number of nitro benzene ring substituents is 1. The lowest BCUT2D eigenvalue weighted by Gasteiger charge is -2.35. The van der Waals surface area contributed by atoms with Crippen molar-refractivity contribution in [2.75, 3.05) is 39.3 Å². The summed E-state index contributed by atoms with van der Waals surface area (Å²) in [5, 5.41) is 22.8. The van der Waals surface area contributed by atoms with Gasteiger partial charge in [-0.25, -0.2) is 0 Å². The lowest BCUT2D eigenvalue weighted by atomic mass is 10.2. The minimum Gasteiger partial charge on any atom is -0.491 e. The topological polar surface area (TPSA) is 96.2 Å². The number of nitro groups is 1. The van der Waals surface area contributed by atoms with E-state index in [9.17, 15) is 20.0 Å². The summed E-state index contributed by atoms with van der Waals surface area (Å²) >= 11 is 1.44. The fourth-order valence-corrected chi connectivity index (χ4v) is 3.61. The Hall–Kier alpha value is -2.49. The van der Waals surface area contributed by atoms with Gasteiger partial charge in [0.2, 0.25) is 0 Å². The number of ether oxygens (including phenoxy) is 1. The van der Waals surface area contributed by atoms with Crippen molar-refractivity contribution in [3.05, 3.63) is 56.8 Å². The highest BCUT2D eigenvalue weighted by atomic mass is 32.1. The summed E-state index contributed by atoms with van der Waals surface area (Å²) in [6, 6.07) is 9.58. The van der Waals surface area contributed by atoms with Crippen molar-refractivity contribution in [3.8, 4) is 5.75 Å². The van der Waals surface area contributed by atoms with Crippen LogP contribution < -0.4 is 4.74 Å². The third-order valence-electron chi connectivity index (χ3n) is 4.33. The molecule has 0 unspecified atom stereocenters. The van der Waals surface area contributed by atoms with Crippen molar-refractivity contribution in [1.82, 2.24) is 9.80 Å². The number of hydrogen-bond donors (Lipinski definition) is 1. The van der Waals surface area contributed by atoms with Gasteiger partial charge in [0.15, 0.2) is 0 Å². The van der Waals surface area contributed by atoms with Gasteiger partial charge in [0.05, 0.1) is 15.9 Å². The van der Waals surface area contributed by atoms with Crippen LogP contribution in [0.4, 0.5) is 5.69 Å². The van der Waals surface area contributed by atoms with Crippen LogP contribution >= 0.6 is 11.3 Å². The second-order valence-electron chi connectivity index (χ2n) is 6.29. The lowest BCUT2D eigenvalue weighted by molar-refractivity contribution is -0.384. The van der Waals surface area contributed by atoms with E-state index in [2.05, 4.69) is 4.90 Å². The second kappa shape index (κ2) is 8.94. The van der Waals surface area contributed by atoms with Crippen molar-refractivity contribution < 1.29 is 19.6 Å². The molecule has 0 aliphatic carbocycles. The van der Waals surface area contributed by atoms with Gasteiger partial charge >= 0.3 is 0 Å².